The number of carbonyl (C=O) groups is 1. The smallest absolute Gasteiger partial charge is 0.305 e. The molecule has 0 aromatic heterocycles. The van der Waals surface area contributed by atoms with E-state index in [4.69, 9.17) is 9.47 Å². The summed E-state index contributed by atoms with van der Waals surface area (Å²) in [5.74, 6) is -0.114. The maximum atomic E-state index is 11.3. The summed E-state index contributed by atoms with van der Waals surface area (Å²) in [6, 6.07) is 10.2. The predicted octanol–water partition coefficient (Wildman–Crippen LogP) is 2.59. The van der Waals surface area contributed by atoms with Crippen molar-refractivity contribution >= 4 is 5.97 Å². The summed E-state index contributed by atoms with van der Waals surface area (Å²) in [5.41, 5.74) is 1.26. The number of esters is 1. The molecule has 0 spiro atoms. The zero-order valence-electron chi connectivity index (χ0n) is 10.4. The lowest BCUT2D eigenvalue weighted by molar-refractivity contribution is -0.144. The zero-order valence-corrected chi connectivity index (χ0v) is 10.4. The van der Waals surface area contributed by atoms with Crippen LogP contribution < -0.4 is 0 Å². The lowest BCUT2D eigenvalue weighted by atomic mass is 10.1. The molecule has 0 fully saturated rings. The van der Waals surface area contributed by atoms with Crippen LogP contribution in [0, 0.1) is 0 Å². The molecule has 3 heteroatoms. The van der Waals surface area contributed by atoms with Gasteiger partial charge in [0.1, 0.15) is 0 Å². The molecule has 0 heterocycles. The lowest BCUT2D eigenvalue weighted by Gasteiger charge is -2.04. The Kier molecular flexibility index (Phi) is 7.07. The molecule has 17 heavy (non-hydrogen) atoms. The van der Waals surface area contributed by atoms with Crippen LogP contribution in [0.5, 0.6) is 0 Å². The zero-order chi connectivity index (χ0) is 12.3. The van der Waals surface area contributed by atoms with Crippen molar-refractivity contribution < 1.29 is 14.3 Å². The number of benzene rings is 1. The Morgan fingerprint density at radius 2 is 1.88 bits per heavy atom. The molecule has 0 bridgehead atoms. The fourth-order valence-electron chi connectivity index (χ4n) is 1.54. The summed E-state index contributed by atoms with van der Waals surface area (Å²) in [4.78, 5) is 11.3. The topological polar surface area (TPSA) is 35.5 Å². The lowest BCUT2D eigenvalue weighted by Crippen LogP contribution is -2.07. The number of rotatable bonds is 8. The van der Waals surface area contributed by atoms with Crippen molar-refractivity contribution in [2.24, 2.45) is 0 Å². The highest BCUT2D eigenvalue weighted by Crippen LogP contribution is 2.05. The second-order valence-corrected chi connectivity index (χ2v) is 3.91. The Morgan fingerprint density at radius 1 is 1.12 bits per heavy atom. The standard InChI is InChI=1S/C14H20O3/c1-16-11-6-12-17-14(15)10-5-9-13-7-3-2-4-8-13/h2-4,7-8H,5-6,9-12H2,1H3. The minimum atomic E-state index is -0.114. The molecule has 0 unspecified atom stereocenters. The molecule has 0 aliphatic carbocycles. The SMILES string of the molecule is COCCCOC(=O)CCCc1ccccc1. The highest BCUT2D eigenvalue weighted by Gasteiger charge is 2.02. The maximum Gasteiger partial charge on any atom is 0.305 e. The highest BCUT2D eigenvalue weighted by molar-refractivity contribution is 5.69. The molecule has 1 aromatic rings. The predicted molar refractivity (Wildman–Crippen MR) is 66.8 cm³/mol. The molecule has 0 aliphatic rings. The van der Waals surface area contributed by atoms with E-state index in [2.05, 4.69) is 12.1 Å². The summed E-state index contributed by atoms with van der Waals surface area (Å²) < 4.78 is 9.93. The van der Waals surface area contributed by atoms with E-state index < -0.39 is 0 Å². The largest absolute Gasteiger partial charge is 0.466 e. The van der Waals surface area contributed by atoms with Gasteiger partial charge in [0.05, 0.1) is 6.61 Å². The minimum absolute atomic E-state index is 0.114. The number of hydrogen-bond donors (Lipinski definition) is 0. The van der Waals surface area contributed by atoms with E-state index in [1.165, 1.54) is 5.56 Å². The van der Waals surface area contributed by atoms with Crippen molar-refractivity contribution in [2.45, 2.75) is 25.7 Å². The fraction of sp³-hybridized carbons (Fsp3) is 0.500. The number of methoxy groups -OCH3 is 1. The van der Waals surface area contributed by atoms with E-state index in [1.807, 2.05) is 18.2 Å². The molecule has 3 nitrogen and oxygen atoms in total. The summed E-state index contributed by atoms with van der Waals surface area (Å²) in [5, 5.41) is 0. The Morgan fingerprint density at radius 3 is 2.59 bits per heavy atom. The van der Waals surface area contributed by atoms with Crippen molar-refractivity contribution in [3.05, 3.63) is 35.9 Å². The molecule has 0 saturated heterocycles. The van der Waals surface area contributed by atoms with E-state index in [9.17, 15) is 4.79 Å². The molecule has 0 amide bonds. The Balaban J connectivity index is 2.04. The van der Waals surface area contributed by atoms with Gasteiger partial charge in [0, 0.05) is 26.6 Å². The monoisotopic (exact) mass is 236 g/mol. The highest BCUT2D eigenvalue weighted by atomic mass is 16.5. The van der Waals surface area contributed by atoms with Crippen LogP contribution in [-0.4, -0.2) is 26.3 Å². The van der Waals surface area contributed by atoms with Crippen molar-refractivity contribution in [2.75, 3.05) is 20.3 Å². The van der Waals surface area contributed by atoms with Crippen LogP contribution in [0.25, 0.3) is 0 Å². The van der Waals surface area contributed by atoms with Gasteiger partial charge in [-0.2, -0.15) is 0 Å². The molecule has 94 valence electrons. The first-order valence-electron chi connectivity index (χ1n) is 6.01. The van der Waals surface area contributed by atoms with Gasteiger partial charge in [-0.15, -0.1) is 0 Å². The van der Waals surface area contributed by atoms with Crippen LogP contribution in [0.1, 0.15) is 24.8 Å². The van der Waals surface area contributed by atoms with E-state index in [1.54, 1.807) is 7.11 Å². The van der Waals surface area contributed by atoms with Crippen LogP contribution in [0.4, 0.5) is 0 Å². The van der Waals surface area contributed by atoms with Crippen molar-refractivity contribution in [3.8, 4) is 0 Å². The van der Waals surface area contributed by atoms with Crippen molar-refractivity contribution in [3.63, 3.8) is 0 Å². The molecule has 1 aromatic carbocycles. The van der Waals surface area contributed by atoms with Crippen LogP contribution >= 0.6 is 0 Å². The van der Waals surface area contributed by atoms with Gasteiger partial charge in [-0.25, -0.2) is 0 Å². The third kappa shape index (κ3) is 6.74. The first-order chi connectivity index (χ1) is 8.33. The Hall–Kier alpha value is -1.35. The van der Waals surface area contributed by atoms with E-state index in [0.29, 0.717) is 19.6 Å². The molecular formula is C14H20O3. The maximum absolute atomic E-state index is 11.3. The third-order valence-corrected chi connectivity index (χ3v) is 2.45. The molecule has 1 rings (SSSR count). The molecular weight excluding hydrogens is 216 g/mol. The van der Waals surface area contributed by atoms with Gasteiger partial charge in [0.25, 0.3) is 0 Å². The van der Waals surface area contributed by atoms with Crippen LogP contribution in [-0.2, 0) is 20.7 Å². The Labute approximate surface area is 103 Å². The van der Waals surface area contributed by atoms with Gasteiger partial charge in [-0.1, -0.05) is 30.3 Å². The number of aryl methyl sites for hydroxylation is 1. The van der Waals surface area contributed by atoms with Crippen LogP contribution in [0.15, 0.2) is 30.3 Å². The first kappa shape index (κ1) is 13.7. The third-order valence-electron chi connectivity index (χ3n) is 2.45. The van der Waals surface area contributed by atoms with Gasteiger partial charge >= 0.3 is 5.97 Å². The minimum Gasteiger partial charge on any atom is -0.466 e. The molecule has 0 aliphatic heterocycles. The number of carbonyl (C=O) groups excluding carboxylic acids is 1. The molecule has 0 atom stereocenters. The molecule has 0 N–H and O–H groups in total. The van der Waals surface area contributed by atoms with Crippen LogP contribution in [0.2, 0.25) is 0 Å². The molecule has 0 radical (unpaired) electrons. The fourth-order valence-corrected chi connectivity index (χ4v) is 1.54. The first-order valence-corrected chi connectivity index (χ1v) is 6.01. The van der Waals surface area contributed by atoms with Gasteiger partial charge in [0.15, 0.2) is 0 Å². The average Bonchev–Trinajstić information content (AvgIpc) is 2.36. The average molecular weight is 236 g/mol. The summed E-state index contributed by atoms with van der Waals surface area (Å²) in [6.07, 6.45) is 3.02. The number of ether oxygens (including phenoxy) is 2. The number of hydrogen-bond acceptors (Lipinski definition) is 3. The van der Waals surface area contributed by atoms with Gasteiger partial charge in [-0.05, 0) is 18.4 Å². The van der Waals surface area contributed by atoms with E-state index >= 15 is 0 Å². The van der Waals surface area contributed by atoms with Crippen molar-refractivity contribution in [1.82, 2.24) is 0 Å². The van der Waals surface area contributed by atoms with E-state index in [-0.39, 0.29) is 5.97 Å². The summed E-state index contributed by atoms with van der Waals surface area (Å²) in [6.45, 7) is 1.09. The van der Waals surface area contributed by atoms with Crippen LogP contribution in [0.3, 0.4) is 0 Å². The van der Waals surface area contributed by atoms with E-state index in [0.717, 1.165) is 19.3 Å². The van der Waals surface area contributed by atoms with Crippen molar-refractivity contribution in [1.29, 1.82) is 0 Å². The van der Waals surface area contributed by atoms with Gasteiger partial charge in [0.2, 0.25) is 0 Å². The molecule has 0 saturated carbocycles. The Bertz CT molecular complexity index is 309. The quantitative estimate of drug-likeness (QED) is 0.514. The summed E-state index contributed by atoms with van der Waals surface area (Å²) in [7, 11) is 1.64. The van der Waals surface area contributed by atoms with Gasteiger partial charge in [-0.3, -0.25) is 4.79 Å². The normalized spacial score (nSPS) is 10.2. The second-order valence-electron chi connectivity index (χ2n) is 3.91. The summed E-state index contributed by atoms with van der Waals surface area (Å²) >= 11 is 0. The van der Waals surface area contributed by atoms with Gasteiger partial charge < -0.3 is 9.47 Å². The second kappa shape index (κ2) is 8.76.